The van der Waals surface area contributed by atoms with Crippen molar-refractivity contribution < 1.29 is 9.53 Å². The molecule has 1 aromatic rings. The summed E-state index contributed by atoms with van der Waals surface area (Å²) in [5.74, 6) is 0.606. The van der Waals surface area contributed by atoms with Gasteiger partial charge in [-0.2, -0.15) is 0 Å². The van der Waals surface area contributed by atoms with E-state index < -0.39 is 0 Å². The molecule has 0 saturated carbocycles. The first-order valence-electron chi connectivity index (χ1n) is 7.74. The Morgan fingerprint density at radius 2 is 2.27 bits per heavy atom. The maximum Gasteiger partial charge on any atom is 0.253 e. The van der Waals surface area contributed by atoms with Gasteiger partial charge in [-0.3, -0.25) is 4.79 Å². The van der Waals surface area contributed by atoms with Crippen LogP contribution in [0.25, 0.3) is 0 Å². The second kappa shape index (κ2) is 7.95. The number of carbonyl (C=O) groups excluding carboxylic acids is 1. The smallest absolute Gasteiger partial charge is 0.253 e. The van der Waals surface area contributed by atoms with Crippen molar-refractivity contribution in [2.75, 3.05) is 46.9 Å². The third-order valence-electron chi connectivity index (χ3n) is 4.27. The van der Waals surface area contributed by atoms with E-state index >= 15 is 0 Å². The topological polar surface area (TPSA) is 32.8 Å². The highest BCUT2D eigenvalue weighted by Crippen LogP contribution is 2.20. The molecule has 0 unspecified atom stereocenters. The average Bonchev–Trinajstić information content (AvgIpc) is 2.94. The Balaban J connectivity index is 1.88. The number of carbonyl (C=O) groups is 1. The molecular formula is C17H25ClN2O2. The Bertz CT molecular complexity index is 521. The number of amides is 1. The number of likely N-dealkylation sites (tertiary alicyclic amines) is 1. The Labute approximate surface area is 138 Å². The van der Waals surface area contributed by atoms with E-state index in [0.717, 1.165) is 44.8 Å². The van der Waals surface area contributed by atoms with Crippen LogP contribution in [0, 0.1) is 12.8 Å². The standard InChI is InChI=1S/C17H25ClN2O2/c1-13-10-15(4-5-16(13)18)17(21)19(2)11-14-6-7-20(12-14)8-9-22-3/h4-5,10,14H,6-9,11-12H2,1-3H3/t14-/m1/s1. The van der Waals surface area contributed by atoms with Crippen LogP contribution in [0.4, 0.5) is 0 Å². The van der Waals surface area contributed by atoms with E-state index in [2.05, 4.69) is 4.90 Å². The van der Waals surface area contributed by atoms with Gasteiger partial charge in [0.25, 0.3) is 5.91 Å². The average molecular weight is 325 g/mol. The Morgan fingerprint density at radius 1 is 1.50 bits per heavy atom. The van der Waals surface area contributed by atoms with Crippen molar-refractivity contribution in [1.82, 2.24) is 9.80 Å². The van der Waals surface area contributed by atoms with E-state index in [1.165, 1.54) is 0 Å². The van der Waals surface area contributed by atoms with E-state index in [-0.39, 0.29) is 5.91 Å². The molecule has 1 aromatic carbocycles. The largest absolute Gasteiger partial charge is 0.383 e. The molecule has 1 atom stereocenters. The molecule has 1 aliphatic heterocycles. The van der Waals surface area contributed by atoms with Crippen molar-refractivity contribution in [3.05, 3.63) is 34.3 Å². The molecule has 1 fully saturated rings. The van der Waals surface area contributed by atoms with Crippen LogP contribution in [-0.2, 0) is 4.74 Å². The molecule has 4 nitrogen and oxygen atoms in total. The fraction of sp³-hybridized carbons (Fsp3) is 0.588. The summed E-state index contributed by atoms with van der Waals surface area (Å²) in [5.41, 5.74) is 1.64. The minimum absolute atomic E-state index is 0.0649. The van der Waals surface area contributed by atoms with Gasteiger partial charge in [-0.05, 0) is 49.6 Å². The van der Waals surface area contributed by atoms with Crippen molar-refractivity contribution in [2.24, 2.45) is 5.92 Å². The van der Waals surface area contributed by atoms with Gasteiger partial charge in [0.15, 0.2) is 0 Å². The summed E-state index contributed by atoms with van der Waals surface area (Å²) in [7, 11) is 3.61. The zero-order valence-electron chi connectivity index (χ0n) is 13.6. The van der Waals surface area contributed by atoms with Crippen molar-refractivity contribution in [1.29, 1.82) is 0 Å². The van der Waals surface area contributed by atoms with Gasteiger partial charge in [0.05, 0.1) is 6.61 Å². The zero-order chi connectivity index (χ0) is 16.1. The Morgan fingerprint density at radius 3 is 2.95 bits per heavy atom. The molecule has 0 spiro atoms. The molecule has 1 saturated heterocycles. The molecule has 22 heavy (non-hydrogen) atoms. The summed E-state index contributed by atoms with van der Waals surface area (Å²) < 4.78 is 5.12. The lowest BCUT2D eigenvalue weighted by Crippen LogP contribution is -2.33. The maximum atomic E-state index is 12.5. The van der Waals surface area contributed by atoms with E-state index in [0.29, 0.717) is 16.5 Å². The summed E-state index contributed by atoms with van der Waals surface area (Å²) in [6.07, 6.45) is 1.14. The number of nitrogens with zero attached hydrogens (tertiary/aromatic N) is 2. The predicted octanol–water partition coefficient (Wildman–Crippen LogP) is 2.69. The normalized spacial score (nSPS) is 18.6. The van der Waals surface area contributed by atoms with E-state index in [4.69, 9.17) is 16.3 Å². The minimum Gasteiger partial charge on any atom is -0.383 e. The molecule has 5 heteroatoms. The number of ether oxygens (including phenoxy) is 1. The van der Waals surface area contributed by atoms with Crippen molar-refractivity contribution >= 4 is 17.5 Å². The highest BCUT2D eigenvalue weighted by Gasteiger charge is 2.25. The lowest BCUT2D eigenvalue weighted by atomic mass is 10.1. The van der Waals surface area contributed by atoms with Crippen molar-refractivity contribution in [2.45, 2.75) is 13.3 Å². The lowest BCUT2D eigenvalue weighted by Gasteiger charge is -2.22. The summed E-state index contributed by atoms with van der Waals surface area (Å²) >= 11 is 6.02. The zero-order valence-corrected chi connectivity index (χ0v) is 14.4. The summed E-state index contributed by atoms with van der Waals surface area (Å²) in [6.45, 7) is 6.59. The van der Waals surface area contributed by atoms with Crippen molar-refractivity contribution in [3.8, 4) is 0 Å². The van der Waals surface area contributed by atoms with Crippen LogP contribution in [0.15, 0.2) is 18.2 Å². The van der Waals surface area contributed by atoms with Crippen molar-refractivity contribution in [3.63, 3.8) is 0 Å². The minimum atomic E-state index is 0.0649. The van der Waals surface area contributed by atoms with Gasteiger partial charge in [-0.25, -0.2) is 0 Å². The first-order valence-corrected chi connectivity index (χ1v) is 8.12. The molecule has 1 amide bonds. The summed E-state index contributed by atoms with van der Waals surface area (Å²) in [5, 5.41) is 0.698. The summed E-state index contributed by atoms with van der Waals surface area (Å²) in [6, 6.07) is 5.45. The van der Waals surface area contributed by atoms with Gasteiger partial charge in [-0.1, -0.05) is 11.6 Å². The Kier molecular flexibility index (Phi) is 6.24. The number of rotatable bonds is 6. The molecule has 0 aromatic heterocycles. The molecule has 1 heterocycles. The van der Waals surface area contributed by atoms with Crippen LogP contribution < -0.4 is 0 Å². The lowest BCUT2D eigenvalue weighted by molar-refractivity contribution is 0.0772. The number of hydrogen-bond donors (Lipinski definition) is 0. The van der Waals surface area contributed by atoms with Gasteiger partial charge < -0.3 is 14.5 Å². The van der Waals surface area contributed by atoms with Crippen LogP contribution >= 0.6 is 11.6 Å². The van der Waals surface area contributed by atoms with Gasteiger partial charge >= 0.3 is 0 Å². The monoisotopic (exact) mass is 324 g/mol. The number of halogens is 1. The fourth-order valence-corrected chi connectivity index (χ4v) is 3.07. The van der Waals surface area contributed by atoms with Gasteiger partial charge in [0.1, 0.15) is 0 Å². The molecule has 122 valence electrons. The molecule has 2 rings (SSSR count). The molecule has 0 radical (unpaired) electrons. The molecule has 0 N–H and O–H groups in total. The van der Waals surface area contributed by atoms with Gasteiger partial charge in [0, 0.05) is 44.4 Å². The van der Waals surface area contributed by atoms with Crippen LogP contribution in [0.1, 0.15) is 22.3 Å². The summed E-state index contributed by atoms with van der Waals surface area (Å²) in [4.78, 5) is 16.7. The highest BCUT2D eigenvalue weighted by atomic mass is 35.5. The van der Waals surface area contributed by atoms with Gasteiger partial charge in [0.2, 0.25) is 0 Å². The maximum absolute atomic E-state index is 12.5. The molecule has 1 aliphatic rings. The quantitative estimate of drug-likeness (QED) is 0.806. The fourth-order valence-electron chi connectivity index (χ4n) is 2.95. The molecule has 0 aliphatic carbocycles. The number of methoxy groups -OCH3 is 1. The van der Waals surface area contributed by atoms with E-state index in [9.17, 15) is 4.79 Å². The number of aryl methyl sites for hydroxylation is 1. The Hall–Kier alpha value is -1.10. The third-order valence-corrected chi connectivity index (χ3v) is 4.69. The first-order chi connectivity index (χ1) is 10.5. The third kappa shape index (κ3) is 4.45. The van der Waals surface area contributed by atoms with E-state index in [1.54, 1.807) is 19.2 Å². The van der Waals surface area contributed by atoms with E-state index in [1.807, 2.05) is 24.9 Å². The molecule has 0 bridgehead atoms. The van der Waals surface area contributed by atoms with Gasteiger partial charge in [-0.15, -0.1) is 0 Å². The van der Waals surface area contributed by atoms with Crippen LogP contribution in [0.5, 0.6) is 0 Å². The number of benzene rings is 1. The predicted molar refractivity (Wildman–Crippen MR) is 89.6 cm³/mol. The van der Waals surface area contributed by atoms with Crippen LogP contribution in [-0.4, -0.2) is 62.7 Å². The second-order valence-corrected chi connectivity index (χ2v) is 6.50. The highest BCUT2D eigenvalue weighted by molar-refractivity contribution is 6.31. The SMILES string of the molecule is COCCN1CC[C@H](CN(C)C(=O)c2ccc(Cl)c(C)c2)C1. The molecular weight excluding hydrogens is 300 g/mol. The van der Waals surface area contributed by atoms with Crippen LogP contribution in [0.3, 0.4) is 0 Å². The van der Waals surface area contributed by atoms with Crippen LogP contribution in [0.2, 0.25) is 5.02 Å². The first kappa shape index (κ1) is 17.3. The second-order valence-electron chi connectivity index (χ2n) is 6.10. The number of hydrogen-bond acceptors (Lipinski definition) is 3.